The molecule has 3 rings (SSSR count). The molecule has 0 bridgehead atoms. The molecule has 1 aromatic carbocycles. The Balaban J connectivity index is 1.89. The Kier molecular flexibility index (Phi) is 4.07. The highest BCUT2D eigenvalue weighted by Crippen LogP contribution is 2.27. The van der Waals surface area contributed by atoms with Gasteiger partial charge in [-0.2, -0.15) is 0 Å². The summed E-state index contributed by atoms with van der Waals surface area (Å²) < 4.78 is 2.19. The summed E-state index contributed by atoms with van der Waals surface area (Å²) in [7, 11) is 0. The summed E-state index contributed by atoms with van der Waals surface area (Å²) in [6, 6.07) is 12.8. The third-order valence-electron chi connectivity index (χ3n) is 3.40. The Hall–Kier alpha value is -1.74. The summed E-state index contributed by atoms with van der Waals surface area (Å²) in [6.07, 6.45) is 8.07. The van der Waals surface area contributed by atoms with Crippen LogP contribution in [0.25, 0.3) is 5.52 Å². The molecule has 3 heteroatoms. The van der Waals surface area contributed by atoms with Crippen molar-refractivity contribution in [2.75, 3.05) is 5.75 Å². The van der Waals surface area contributed by atoms with Gasteiger partial charge in [-0.3, -0.25) is 4.98 Å². The zero-order chi connectivity index (χ0) is 13.8. The Morgan fingerprint density at radius 1 is 1.05 bits per heavy atom. The largest absolute Gasteiger partial charge is 0.320 e. The molecule has 0 radical (unpaired) electrons. The van der Waals surface area contributed by atoms with Crippen molar-refractivity contribution in [3.05, 3.63) is 66.2 Å². The lowest BCUT2D eigenvalue weighted by atomic mass is 10.1. The van der Waals surface area contributed by atoms with Gasteiger partial charge in [0, 0.05) is 23.5 Å². The highest BCUT2D eigenvalue weighted by atomic mass is 32.2. The lowest BCUT2D eigenvalue weighted by Gasteiger charge is -2.06. The van der Waals surface area contributed by atoms with Crippen molar-refractivity contribution in [2.24, 2.45) is 0 Å². The van der Waals surface area contributed by atoms with Crippen LogP contribution in [-0.2, 0) is 12.8 Å². The van der Waals surface area contributed by atoms with E-state index in [4.69, 9.17) is 0 Å². The molecule has 2 nitrogen and oxygen atoms in total. The molecule has 0 unspecified atom stereocenters. The second kappa shape index (κ2) is 6.14. The van der Waals surface area contributed by atoms with E-state index in [0.717, 1.165) is 18.6 Å². The van der Waals surface area contributed by atoms with Gasteiger partial charge in [-0.15, -0.1) is 11.8 Å². The number of rotatable bonds is 5. The molecule has 0 fully saturated rings. The first-order valence-corrected chi connectivity index (χ1v) is 7.98. The Morgan fingerprint density at radius 2 is 1.90 bits per heavy atom. The number of aryl methyl sites for hydroxylation is 2. The van der Waals surface area contributed by atoms with E-state index in [1.807, 2.05) is 24.2 Å². The molecule has 102 valence electrons. The summed E-state index contributed by atoms with van der Waals surface area (Å²) in [5, 5.41) is 0. The SMILES string of the molecule is CCSc1ccn2ccnc(CCc3ccccc3)c12. The van der Waals surface area contributed by atoms with Crippen LogP contribution in [0.1, 0.15) is 18.2 Å². The van der Waals surface area contributed by atoms with Crippen LogP contribution in [0, 0.1) is 0 Å². The van der Waals surface area contributed by atoms with Gasteiger partial charge < -0.3 is 4.40 Å². The fourth-order valence-corrected chi connectivity index (χ4v) is 3.29. The Bertz CT molecular complexity index is 689. The van der Waals surface area contributed by atoms with Crippen LogP contribution in [0.2, 0.25) is 0 Å². The number of benzene rings is 1. The van der Waals surface area contributed by atoms with Gasteiger partial charge in [-0.05, 0) is 30.2 Å². The third kappa shape index (κ3) is 2.73. The van der Waals surface area contributed by atoms with Gasteiger partial charge in [0.25, 0.3) is 0 Å². The highest BCUT2D eigenvalue weighted by Gasteiger charge is 2.09. The van der Waals surface area contributed by atoms with Crippen LogP contribution >= 0.6 is 11.8 Å². The van der Waals surface area contributed by atoms with Gasteiger partial charge in [-0.25, -0.2) is 0 Å². The van der Waals surface area contributed by atoms with Crippen molar-refractivity contribution >= 4 is 17.3 Å². The Labute approximate surface area is 123 Å². The van der Waals surface area contributed by atoms with Crippen molar-refractivity contribution in [2.45, 2.75) is 24.7 Å². The molecule has 3 aromatic rings. The van der Waals surface area contributed by atoms with Gasteiger partial charge in [0.2, 0.25) is 0 Å². The number of thioether (sulfide) groups is 1. The van der Waals surface area contributed by atoms with E-state index in [1.165, 1.54) is 21.7 Å². The molecular weight excluding hydrogens is 264 g/mol. The van der Waals surface area contributed by atoms with E-state index in [1.54, 1.807) is 0 Å². The lowest BCUT2D eigenvalue weighted by molar-refractivity contribution is 0.904. The van der Waals surface area contributed by atoms with E-state index < -0.39 is 0 Å². The van der Waals surface area contributed by atoms with Crippen molar-refractivity contribution < 1.29 is 0 Å². The minimum Gasteiger partial charge on any atom is -0.320 e. The van der Waals surface area contributed by atoms with Gasteiger partial charge in [0.15, 0.2) is 0 Å². The van der Waals surface area contributed by atoms with Crippen molar-refractivity contribution in [3.63, 3.8) is 0 Å². The maximum Gasteiger partial charge on any atom is 0.0804 e. The van der Waals surface area contributed by atoms with E-state index in [0.29, 0.717) is 0 Å². The second-order valence-corrected chi connectivity index (χ2v) is 6.03. The van der Waals surface area contributed by atoms with Gasteiger partial charge >= 0.3 is 0 Å². The smallest absolute Gasteiger partial charge is 0.0804 e. The fraction of sp³-hybridized carbons (Fsp3) is 0.235. The minimum absolute atomic E-state index is 0.982. The van der Waals surface area contributed by atoms with E-state index in [2.05, 4.69) is 58.9 Å². The second-order valence-electron chi connectivity index (χ2n) is 4.73. The van der Waals surface area contributed by atoms with Crippen LogP contribution in [0.3, 0.4) is 0 Å². The van der Waals surface area contributed by atoms with Crippen molar-refractivity contribution in [1.82, 2.24) is 9.38 Å². The number of aromatic nitrogens is 2. The molecule has 0 N–H and O–H groups in total. The van der Waals surface area contributed by atoms with E-state index in [9.17, 15) is 0 Å². The molecule has 0 saturated heterocycles. The quantitative estimate of drug-likeness (QED) is 0.651. The number of nitrogens with zero attached hydrogens (tertiary/aromatic N) is 2. The van der Waals surface area contributed by atoms with Crippen LogP contribution in [0.4, 0.5) is 0 Å². The number of hydrogen-bond acceptors (Lipinski definition) is 2. The predicted molar refractivity (Wildman–Crippen MR) is 85.4 cm³/mol. The minimum atomic E-state index is 0.982. The van der Waals surface area contributed by atoms with Gasteiger partial charge in [-0.1, -0.05) is 37.3 Å². The monoisotopic (exact) mass is 282 g/mol. The molecule has 0 atom stereocenters. The lowest BCUT2D eigenvalue weighted by Crippen LogP contribution is -1.98. The molecule has 0 aliphatic heterocycles. The highest BCUT2D eigenvalue weighted by molar-refractivity contribution is 7.99. The van der Waals surface area contributed by atoms with Crippen molar-refractivity contribution in [3.8, 4) is 0 Å². The zero-order valence-corrected chi connectivity index (χ0v) is 12.4. The number of hydrogen-bond donors (Lipinski definition) is 0. The van der Waals surface area contributed by atoms with Crippen LogP contribution < -0.4 is 0 Å². The summed E-state index contributed by atoms with van der Waals surface area (Å²) in [6.45, 7) is 2.19. The molecule has 2 heterocycles. The molecule has 0 aliphatic rings. The average molecular weight is 282 g/mol. The molecule has 20 heavy (non-hydrogen) atoms. The molecule has 0 saturated carbocycles. The standard InChI is InChI=1S/C17H18N2S/c1-2-20-16-10-12-19-13-11-18-15(17(16)19)9-8-14-6-4-3-5-7-14/h3-7,10-13H,2,8-9H2,1H3. The molecule has 2 aromatic heterocycles. The first-order valence-electron chi connectivity index (χ1n) is 6.99. The first-order chi connectivity index (χ1) is 9.88. The normalized spacial score (nSPS) is 11.1. The summed E-state index contributed by atoms with van der Waals surface area (Å²) in [5.74, 6) is 1.09. The fourth-order valence-electron chi connectivity index (χ4n) is 2.46. The first kappa shape index (κ1) is 13.3. The summed E-state index contributed by atoms with van der Waals surface area (Å²) in [5.41, 5.74) is 3.83. The predicted octanol–water partition coefficient (Wildman–Crippen LogP) is 4.23. The Morgan fingerprint density at radius 3 is 2.70 bits per heavy atom. The van der Waals surface area contributed by atoms with Crippen molar-refractivity contribution in [1.29, 1.82) is 0 Å². The zero-order valence-electron chi connectivity index (χ0n) is 11.6. The maximum absolute atomic E-state index is 4.60. The van der Waals surface area contributed by atoms with Gasteiger partial charge in [0.05, 0.1) is 11.2 Å². The topological polar surface area (TPSA) is 17.3 Å². The molecule has 0 aliphatic carbocycles. The van der Waals surface area contributed by atoms with Crippen LogP contribution in [-0.4, -0.2) is 15.1 Å². The van der Waals surface area contributed by atoms with Crippen LogP contribution in [0.5, 0.6) is 0 Å². The maximum atomic E-state index is 4.60. The van der Waals surface area contributed by atoms with Gasteiger partial charge in [0.1, 0.15) is 0 Å². The molecular formula is C17H18N2S. The average Bonchev–Trinajstić information content (AvgIpc) is 2.91. The van der Waals surface area contributed by atoms with E-state index in [-0.39, 0.29) is 0 Å². The summed E-state index contributed by atoms with van der Waals surface area (Å²) >= 11 is 1.89. The van der Waals surface area contributed by atoms with E-state index >= 15 is 0 Å². The third-order valence-corrected chi connectivity index (χ3v) is 4.33. The molecule has 0 spiro atoms. The summed E-state index contributed by atoms with van der Waals surface area (Å²) in [4.78, 5) is 5.94. The van der Waals surface area contributed by atoms with Crippen LogP contribution in [0.15, 0.2) is 59.9 Å². The molecule has 0 amide bonds. The number of fused-ring (bicyclic) bond motifs is 1.